The molecule has 0 aliphatic rings. The van der Waals surface area contributed by atoms with Gasteiger partial charge in [0.05, 0.1) is 5.69 Å². The molecule has 1 aromatic carbocycles. The molecule has 17 heavy (non-hydrogen) atoms. The molecule has 0 bridgehead atoms. The SMILES string of the molecule is NCc1cnc(Nc2coc3ccccc23)s1. The number of nitrogens with two attached hydrogens (primary N) is 1. The number of nitrogens with zero attached hydrogens (tertiary/aromatic N) is 1. The lowest BCUT2D eigenvalue weighted by molar-refractivity contribution is 0.617. The van der Waals surface area contributed by atoms with Crippen LogP contribution in [0.4, 0.5) is 10.8 Å². The number of furan rings is 1. The van der Waals surface area contributed by atoms with Gasteiger partial charge in [0.15, 0.2) is 5.13 Å². The second kappa shape index (κ2) is 4.20. The lowest BCUT2D eigenvalue weighted by Gasteiger charge is -1.98. The normalized spacial score (nSPS) is 10.9. The van der Waals surface area contributed by atoms with Crippen molar-refractivity contribution < 1.29 is 4.42 Å². The Morgan fingerprint density at radius 3 is 3.06 bits per heavy atom. The van der Waals surface area contributed by atoms with Gasteiger partial charge in [-0.1, -0.05) is 12.1 Å². The van der Waals surface area contributed by atoms with E-state index >= 15 is 0 Å². The molecule has 3 rings (SSSR count). The second-order valence-electron chi connectivity index (χ2n) is 3.61. The first-order valence-electron chi connectivity index (χ1n) is 5.25. The third-order valence-electron chi connectivity index (χ3n) is 2.48. The van der Waals surface area contributed by atoms with Crippen molar-refractivity contribution >= 4 is 33.1 Å². The quantitative estimate of drug-likeness (QED) is 0.744. The first kappa shape index (κ1) is 10.3. The molecule has 0 radical (unpaired) electrons. The van der Waals surface area contributed by atoms with Gasteiger partial charge >= 0.3 is 0 Å². The van der Waals surface area contributed by atoms with Crippen molar-refractivity contribution in [2.24, 2.45) is 5.73 Å². The summed E-state index contributed by atoms with van der Waals surface area (Å²) < 4.78 is 5.44. The molecule has 3 aromatic rings. The molecule has 0 aliphatic carbocycles. The summed E-state index contributed by atoms with van der Waals surface area (Å²) in [5, 5.41) is 5.12. The first-order valence-corrected chi connectivity index (χ1v) is 6.06. The van der Waals surface area contributed by atoms with Crippen molar-refractivity contribution in [1.29, 1.82) is 0 Å². The smallest absolute Gasteiger partial charge is 0.187 e. The van der Waals surface area contributed by atoms with Gasteiger partial charge in [0, 0.05) is 23.0 Å². The number of hydrogen-bond donors (Lipinski definition) is 2. The third-order valence-corrected chi connectivity index (χ3v) is 3.41. The molecule has 5 heteroatoms. The van der Waals surface area contributed by atoms with Gasteiger partial charge in [0.1, 0.15) is 11.8 Å². The molecule has 0 saturated carbocycles. The topological polar surface area (TPSA) is 64.1 Å². The highest BCUT2D eigenvalue weighted by atomic mass is 32.1. The Hall–Kier alpha value is -1.85. The summed E-state index contributed by atoms with van der Waals surface area (Å²) in [7, 11) is 0. The number of para-hydroxylation sites is 1. The van der Waals surface area contributed by atoms with Crippen molar-refractivity contribution in [1.82, 2.24) is 4.98 Å². The number of fused-ring (bicyclic) bond motifs is 1. The van der Waals surface area contributed by atoms with Crippen molar-refractivity contribution in [3.8, 4) is 0 Å². The Morgan fingerprint density at radius 1 is 1.35 bits per heavy atom. The van der Waals surface area contributed by atoms with E-state index in [1.54, 1.807) is 23.8 Å². The van der Waals surface area contributed by atoms with Crippen molar-refractivity contribution in [2.75, 3.05) is 5.32 Å². The van der Waals surface area contributed by atoms with Crippen LogP contribution in [-0.4, -0.2) is 4.98 Å². The molecule has 0 amide bonds. The number of aromatic nitrogens is 1. The Labute approximate surface area is 102 Å². The van der Waals surface area contributed by atoms with E-state index in [4.69, 9.17) is 10.2 Å². The minimum absolute atomic E-state index is 0.519. The molecule has 86 valence electrons. The number of benzene rings is 1. The van der Waals surface area contributed by atoms with Gasteiger partial charge in [-0.25, -0.2) is 4.98 Å². The van der Waals surface area contributed by atoms with Gasteiger partial charge in [0.25, 0.3) is 0 Å². The Balaban J connectivity index is 1.94. The van der Waals surface area contributed by atoms with E-state index in [0.29, 0.717) is 6.54 Å². The number of thiazole rings is 1. The summed E-state index contributed by atoms with van der Waals surface area (Å²) in [6, 6.07) is 7.88. The van der Waals surface area contributed by atoms with E-state index in [1.807, 2.05) is 24.3 Å². The summed E-state index contributed by atoms with van der Waals surface area (Å²) in [5.74, 6) is 0. The highest BCUT2D eigenvalue weighted by Crippen LogP contribution is 2.29. The molecule has 0 atom stereocenters. The molecule has 0 fully saturated rings. The van der Waals surface area contributed by atoms with Crippen LogP contribution < -0.4 is 11.1 Å². The van der Waals surface area contributed by atoms with Gasteiger partial charge in [-0.3, -0.25) is 0 Å². The lowest BCUT2D eigenvalue weighted by atomic mass is 10.2. The van der Waals surface area contributed by atoms with E-state index in [9.17, 15) is 0 Å². The van der Waals surface area contributed by atoms with Crippen molar-refractivity contribution in [2.45, 2.75) is 6.54 Å². The molecule has 0 aliphatic heterocycles. The van der Waals surface area contributed by atoms with Gasteiger partial charge < -0.3 is 15.5 Å². The van der Waals surface area contributed by atoms with Crippen LogP contribution in [0.25, 0.3) is 11.0 Å². The minimum Gasteiger partial charge on any atom is -0.462 e. The van der Waals surface area contributed by atoms with Gasteiger partial charge in [-0.05, 0) is 12.1 Å². The standard InChI is InChI=1S/C12H11N3OS/c13-5-8-6-14-12(17-8)15-10-7-16-11-4-2-1-3-9(10)11/h1-4,6-7H,5,13H2,(H,14,15). The monoisotopic (exact) mass is 245 g/mol. The second-order valence-corrected chi connectivity index (χ2v) is 4.72. The zero-order valence-electron chi connectivity index (χ0n) is 9.01. The van der Waals surface area contributed by atoms with Crippen LogP contribution in [-0.2, 0) is 6.54 Å². The number of hydrogen-bond acceptors (Lipinski definition) is 5. The maximum Gasteiger partial charge on any atom is 0.187 e. The van der Waals surface area contributed by atoms with Gasteiger partial charge in [-0.2, -0.15) is 0 Å². The van der Waals surface area contributed by atoms with E-state index in [1.165, 1.54) is 0 Å². The van der Waals surface area contributed by atoms with Crippen LogP contribution in [0.3, 0.4) is 0 Å². The van der Waals surface area contributed by atoms with E-state index in [0.717, 1.165) is 26.7 Å². The molecular formula is C12H11N3OS. The minimum atomic E-state index is 0.519. The van der Waals surface area contributed by atoms with E-state index in [-0.39, 0.29) is 0 Å². The fourth-order valence-corrected chi connectivity index (χ4v) is 2.35. The molecular weight excluding hydrogens is 234 g/mol. The summed E-state index contributed by atoms with van der Waals surface area (Å²) in [5.41, 5.74) is 7.35. The zero-order valence-corrected chi connectivity index (χ0v) is 9.83. The maximum atomic E-state index is 5.55. The zero-order chi connectivity index (χ0) is 11.7. The van der Waals surface area contributed by atoms with Gasteiger partial charge in [-0.15, -0.1) is 11.3 Å². The predicted molar refractivity (Wildman–Crippen MR) is 69.5 cm³/mol. The van der Waals surface area contributed by atoms with Crippen LogP contribution >= 0.6 is 11.3 Å². The van der Waals surface area contributed by atoms with Crippen molar-refractivity contribution in [3.05, 3.63) is 41.6 Å². The summed E-state index contributed by atoms with van der Waals surface area (Å²) in [4.78, 5) is 5.31. The molecule has 2 aromatic heterocycles. The fraction of sp³-hybridized carbons (Fsp3) is 0.0833. The first-order chi connectivity index (χ1) is 8.36. The molecule has 2 heterocycles. The van der Waals surface area contributed by atoms with Crippen molar-refractivity contribution in [3.63, 3.8) is 0 Å². The van der Waals surface area contributed by atoms with Crippen LogP contribution in [0, 0.1) is 0 Å². The maximum absolute atomic E-state index is 5.55. The van der Waals surface area contributed by atoms with Crippen LogP contribution in [0.15, 0.2) is 41.1 Å². The van der Waals surface area contributed by atoms with Crippen LogP contribution in [0.5, 0.6) is 0 Å². The predicted octanol–water partition coefficient (Wildman–Crippen LogP) is 3.09. The molecule has 4 nitrogen and oxygen atoms in total. The summed E-state index contributed by atoms with van der Waals surface area (Å²) >= 11 is 1.55. The largest absolute Gasteiger partial charge is 0.462 e. The Kier molecular flexibility index (Phi) is 2.55. The number of nitrogens with one attached hydrogen (secondary N) is 1. The fourth-order valence-electron chi connectivity index (χ4n) is 1.65. The highest BCUT2D eigenvalue weighted by Gasteiger charge is 2.07. The van der Waals surface area contributed by atoms with E-state index in [2.05, 4.69) is 10.3 Å². The molecule has 0 spiro atoms. The Morgan fingerprint density at radius 2 is 2.24 bits per heavy atom. The van der Waals surface area contributed by atoms with Gasteiger partial charge in [0.2, 0.25) is 0 Å². The lowest BCUT2D eigenvalue weighted by Crippen LogP contribution is -1.91. The Bertz CT molecular complexity index is 644. The molecule has 0 unspecified atom stereocenters. The molecule has 0 saturated heterocycles. The van der Waals surface area contributed by atoms with Crippen LogP contribution in [0.1, 0.15) is 4.88 Å². The number of anilines is 2. The highest BCUT2D eigenvalue weighted by molar-refractivity contribution is 7.15. The average molecular weight is 245 g/mol. The number of rotatable bonds is 3. The third kappa shape index (κ3) is 1.90. The summed E-state index contributed by atoms with van der Waals surface area (Å²) in [6.45, 7) is 0.519. The molecule has 3 N–H and O–H groups in total. The van der Waals surface area contributed by atoms with Crippen LogP contribution in [0.2, 0.25) is 0 Å². The van der Waals surface area contributed by atoms with E-state index < -0.39 is 0 Å². The summed E-state index contributed by atoms with van der Waals surface area (Å²) in [6.07, 6.45) is 3.49. The average Bonchev–Trinajstić information content (AvgIpc) is 2.97.